The summed E-state index contributed by atoms with van der Waals surface area (Å²) in [5, 5.41) is 8.79. The number of ether oxygens (including phenoxy) is 1. The van der Waals surface area contributed by atoms with Crippen LogP contribution in [0.4, 0.5) is 5.82 Å². The molecule has 8 nitrogen and oxygen atoms in total. The molecule has 0 amide bonds. The maximum Gasteiger partial charge on any atom is 0.132 e. The van der Waals surface area contributed by atoms with E-state index in [1.54, 1.807) is 6.33 Å². The number of piperidine rings is 1. The quantitative estimate of drug-likeness (QED) is 0.533. The zero-order valence-corrected chi connectivity index (χ0v) is 21.9. The van der Waals surface area contributed by atoms with Gasteiger partial charge >= 0.3 is 0 Å². The Morgan fingerprint density at radius 1 is 1.03 bits per heavy atom. The predicted molar refractivity (Wildman–Crippen MR) is 143 cm³/mol. The van der Waals surface area contributed by atoms with Gasteiger partial charge in [-0.3, -0.25) is 10.00 Å². The zero-order valence-electron chi connectivity index (χ0n) is 21.9. The van der Waals surface area contributed by atoms with Gasteiger partial charge in [0.1, 0.15) is 29.2 Å². The van der Waals surface area contributed by atoms with Crippen LogP contribution in [-0.2, 0) is 0 Å². The Kier molecular flexibility index (Phi) is 6.33. The van der Waals surface area contributed by atoms with Gasteiger partial charge < -0.3 is 14.5 Å². The lowest BCUT2D eigenvalue weighted by molar-refractivity contribution is 0.133. The highest BCUT2D eigenvalue weighted by Gasteiger charge is 2.40. The molecule has 192 valence electrons. The van der Waals surface area contributed by atoms with Crippen LogP contribution >= 0.6 is 0 Å². The van der Waals surface area contributed by atoms with Crippen molar-refractivity contribution in [2.75, 3.05) is 50.7 Å². The van der Waals surface area contributed by atoms with E-state index in [1.165, 1.54) is 32.5 Å². The summed E-state index contributed by atoms with van der Waals surface area (Å²) < 4.78 is 6.19. The molecule has 1 saturated carbocycles. The van der Waals surface area contributed by atoms with E-state index in [1.807, 2.05) is 12.1 Å². The molecule has 3 fully saturated rings. The summed E-state index contributed by atoms with van der Waals surface area (Å²) in [5.74, 6) is 2.76. The van der Waals surface area contributed by atoms with Crippen LogP contribution in [0.15, 0.2) is 30.6 Å². The van der Waals surface area contributed by atoms with Gasteiger partial charge in [-0.25, -0.2) is 9.97 Å². The van der Waals surface area contributed by atoms with Gasteiger partial charge in [0.2, 0.25) is 0 Å². The van der Waals surface area contributed by atoms with Crippen molar-refractivity contribution in [3.8, 4) is 17.1 Å². The molecule has 6 rings (SSSR count). The van der Waals surface area contributed by atoms with Crippen molar-refractivity contribution in [2.24, 2.45) is 5.92 Å². The van der Waals surface area contributed by atoms with Crippen LogP contribution in [-0.4, -0.2) is 87.4 Å². The molecule has 0 spiro atoms. The molecule has 1 aromatic carbocycles. The monoisotopic (exact) mass is 489 g/mol. The lowest BCUT2D eigenvalue weighted by atomic mass is 9.99. The lowest BCUT2D eigenvalue weighted by Gasteiger charge is -2.41. The van der Waals surface area contributed by atoms with E-state index in [4.69, 9.17) is 4.74 Å². The number of nitrogens with one attached hydrogen (secondary N) is 1. The number of piperazine rings is 1. The van der Waals surface area contributed by atoms with Crippen molar-refractivity contribution < 1.29 is 4.74 Å². The van der Waals surface area contributed by atoms with Gasteiger partial charge in [0.15, 0.2) is 0 Å². The third-order valence-electron chi connectivity index (χ3n) is 8.42. The first-order valence-electron chi connectivity index (χ1n) is 13.7. The van der Waals surface area contributed by atoms with E-state index < -0.39 is 0 Å². The number of H-pyrrole nitrogens is 1. The van der Waals surface area contributed by atoms with Crippen LogP contribution in [0, 0.1) is 5.92 Å². The molecule has 1 N–H and O–H groups in total. The maximum atomic E-state index is 6.19. The second kappa shape index (κ2) is 9.63. The van der Waals surface area contributed by atoms with E-state index in [0.717, 1.165) is 78.8 Å². The third-order valence-corrected chi connectivity index (χ3v) is 8.42. The summed E-state index contributed by atoms with van der Waals surface area (Å²) in [6.45, 7) is 14.8. The Morgan fingerprint density at radius 2 is 1.86 bits per heavy atom. The summed E-state index contributed by atoms with van der Waals surface area (Å²) in [6, 6.07) is 8.73. The van der Waals surface area contributed by atoms with Gasteiger partial charge in [-0.1, -0.05) is 6.92 Å². The first kappa shape index (κ1) is 23.7. The average Bonchev–Trinajstić information content (AvgIpc) is 3.46. The van der Waals surface area contributed by atoms with Crippen LogP contribution in [0.1, 0.15) is 46.5 Å². The molecule has 1 aliphatic carbocycles. The number of likely N-dealkylation sites (tertiary alicyclic amines) is 1. The van der Waals surface area contributed by atoms with Crippen LogP contribution in [0.5, 0.6) is 5.75 Å². The molecule has 36 heavy (non-hydrogen) atoms. The standard InChI is InChI=1S/C28H39N7O/c1-20-6-10-33(11-7-20)12-13-34-14-15-35(18-21(34)2)26-17-25(29-19-30-26)27-23-16-22(36-28(3)8-9-28)4-5-24(23)31-32-27/h4-5,16-17,19-21H,6-15,18H2,1-3H3,(H,31,32)/t21-/m0/s1. The summed E-state index contributed by atoms with van der Waals surface area (Å²) in [4.78, 5) is 16.9. The summed E-state index contributed by atoms with van der Waals surface area (Å²) in [6.07, 6.45) is 6.59. The summed E-state index contributed by atoms with van der Waals surface area (Å²) in [7, 11) is 0. The molecular formula is C28H39N7O. The third kappa shape index (κ3) is 5.06. The van der Waals surface area contributed by atoms with Gasteiger partial charge in [0.05, 0.1) is 11.2 Å². The van der Waals surface area contributed by atoms with E-state index in [0.29, 0.717) is 6.04 Å². The molecule has 8 heteroatoms. The van der Waals surface area contributed by atoms with Crippen LogP contribution in [0.3, 0.4) is 0 Å². The normalized spacial score (nSPS) is 23.3. The van der Waals surface area contributed by atoms with Crippen molar-refractivity contribution in [1.29, 1.82) is 0 Å². The number of fused-ring (bicyclic) bond motifs is 1. The number of rotatable bonds is 7. The van der Waals surface area contributed by atoms with Crippen LogP contribution < -0.4 is 9.64 Å². The molecule has 4 heterocycles. The number of hydrogen-bond donors (Lipinski definition) is 1. The fourth-order valence-electron chi connectivity index (χ4n) is 5.56. The number of benzene rings is 1. The fraction of sp³-hybridized carbons (Fsp3) is 0.607. The Labute approximate surface area is 214 Å². The molecule has 2 aromatic heterocycles. The Balaban J connectivity index is 1.12. The topological polar surface area (TPSA) is 73.4 Å². The van der Waals surface area contributed by atoms with Crippen molar-refractivity contribution in [2.45, 2.75) is 58.1 Å². The molecule has 0 radical (unpaired) electrons. The number of aromatic nitrogens is 4. The van der Waals surface area contributed by atoms with Crippen LogP contribution in [0.2, 0.25) is 0 Å². The number of aromatic amines is 1. The molecular weight excluding hydrogens is 450 g/mol. The zero-order chi connectivity index (χ0) is 24.7. The Bertz CT molecular complexity index is 1200. The van der Waals surface area contributed by atoms with Crippen LogP contribution in [0.25, 0.3) is 22.3 Å². The SMILES string of the molecule is CC1CCN(CCN2CCN(c3cc(-c4n[nH]c5ccc(OC6(C)CC6)cc45)ncn3)C[C@@H]2C)CC1. The minimum Gasteiger partial charge on any atom is -0.488 e. The smallest absolute Gasteiger partial charge is 0.132 e. The molecule has 3 aromatic rings. The van der Waals surface area contributed by atoms with Crippen molar-refractivity contribution in [1.82, 2.24) is 30.0 Å². The molecule has 3 aliphatic rings. The fourth-order valence-corrected chi connectivity index (χ4v) is 5.56. The molecule has 0 unspecified atom stereocenters. The predicted octanol–water partition coefficient (Wildman–Crippen LogP) is 4.19. The largest absolute Gasteiger partial charge is 0.488 e. The lowest BCUT2D eigenvalue weighted by Crippen LogP contribution is -2.54. The highest BCUT2D eigenvalue weighted by Crippen LogP contribution is 2.40. The van der Waals surface area contributed by atoms with E-state index in [9.17, 15) is 0 Å². The minimum atomic E-state index is -0.00907. The van der Waals surface area contributed by atoms with Gasteiger partial charge in [-0.15, -0.1) is 0 Å². The van der Waals surface area contributed by atoms with Crippen molar-refractivity contribution >= 4 is 16.7 Å². The minimum absolute atomic E-state index is 0.00907. The molecule has 2 saturated heterocycles. The second-order valence-corrected chi connectivity index (χ2v) is 11.4. The summed E-state index contributed by atoms with van der Waals surface area (Å²) in [5.41, 5.74) is 2.67. The Hall–Kier alpha value is -2.71. The van der Waals surface area contributed by atoms with Crippen molar-refractivity contribution in [3.05, 3.63) is 30.6 Å². The highest BCUT2D eigenvalue weighted by molar-refractivity contribution is 5.93. The van der Waals surface area contributed by atoms with Gasteiger partial charge in [-0.2, -0.15) is 5.10 Å². The summed E-state index contributed by atoms with van der Waals surface area (Å²) >= 11 is 0. The number of anilines is 1. The molecule has 2 aliphatic heterocycles. The van der Waals surface area contributed by atoms with E-state index >= 15 is 0 Å². The van der Waals surface area contributed by atoms with Crippen molar-refractivity contribution in [3.63, 3.8) is 0 Å². The van der Waals surface area contributed by atoms with Gasteiger partial charge in [0.25, 0.3) is 0 Å². The first-order chi connectivity index (χ1) is 17.5. The highest BCUT2D eigenvalue weighted by atomic mass is 16.5. The second-order valence-electron chi connectivity index (χ2n) is 11.4. The molecule has 1 atom stereocenters. The number of hydrogen-bond acceptors (Lipinski definition) is 7. The van der Waals surface area contributed by atoms with Gasteiger partial charge in [0, 0.05) is 50.2 Å². The van der Waals surface area contributed by atoms with E-state index in [-0.39, 0.29) is 5.60 Å². The van der Waals surface area contributed by atoms with Gasteiger partial charge in [-0.05, 0) is 76.7 Å². The average molecular weight is 490 g/mol. The molecule has 0 bridgehead atoms. The van der Waals surface area contributed by atoms with E-state index in [2.05, 4.69) is 67.8 Å². The maximum absolute atomic E-state index is 6.19. The first-order valence-corrected chi connectivity index (χ1v) is 13.7. The Morgan fingerprint density at radius 3 is 2.64 bits per heavy atom. The number of nitrogens with zero attached hydrogens (tertiary/aromatic N) is 6.